The third-order valence-electron chi connectivity index (χ3n) is 3.48. The molecule has 0 aliphatic carbocycles. The van der Waals surface area contributed by atoms with Gasteiger partial charge in [0.1, 0.15) is 5.82 Å². The van der Waals surface area contributed by atoms with Crippen LogP contribution in [0.5, 0.6) is 0 Å². The minimum Gasteiger partial charge on any atom is -0.310 e. The van der Waals surface area contributed by atoms with E-state index >= 15 is 0 Å². The molecule has 19 heavy (non-hydrogen) atoms. The van der Waals surface area contributed by atoms with Gasteiger partial charge in [-0.15, -0.1) is 0 Å². The summed E-state index contributed by atoms with van der Waals surface area (Å²) in [6.07, 6.45) is 1.01. The summed E-state index contributed by atoms with van der Waals surface area (Å²) < 4.78 is 12.8. The first-order chi connectivity index (χ1) is 9.16. The molecule has 0 saturated carbocycles. The Morgan fingerprint density at radius 1 is 1.05 bits per heavy atom. The Labute approximate surface area is 114 Å². The summed E-state index contributed by atoms with van der Waals surface area (Å²) in [5.74, 6) is -0.184. The number of aryl methyl sites for hydroxylation is 1. The fourth-order valence-electron chi connectivity index (χ4n) is 2.18. The minimum atomic E-state index is -0.184. The second kappa shape index (κ2) is 6.48. The molecule has 0 fully saturated rings. The summed E-state index contributed by atoms with van der Waals surface area (Å²) in [5.41, 5.74) is 3.83. The molecule has 1 unspecified atom stereocenters. The molecule has 1 nitrogen and oxygen atoms in total. The molecule has 2 heteroatoms. The number of halogens is 1. The molecule has 0 spiro atoms. The molecule has 2 aromatic carbocycles. The van der Waals surface area contributed by atoms with E-state index in [2.05, 4.69) is 43.4 Å². The smallest absolute Gasteiger partial charge is 0.123 e. The third-order valence-corrected chi connectivity index (χ3v) is 3.48. The van der Waals surface area contributed by atoms with Crippen LogP contribution in [0.3, 0.4) is 0 Å². The maximum atomic E-state index is 12.8. The monoisotopic (exact) mass is 257 g/mol. The highest BCUT2D eigenvalue weighted by atomic mass is 19.1. The normalized spacial score (nSPS) is 12.4. The van der Waals surface area contributed by atoms with Gasteiger partial charge < -0.3 is 5.32 Å². The van der Waals surface area contributed by atoms with Crippen molar-refractivity contribution in [3.05, 3.63) is 71.0 Å². The lowest BCUT2D eigenvalue weighted by molar-refractivity contribution is 0.573. The van der Waals surface area contributed by atoms with Crippen LogP contribution in [0.4, 0.5) is 4.39 Å². The van der Waals surface area contributed by atoms with Gasteiger partial charge in [-0.25, -0.2) is 4.39 Å². The van der Waals surface area contributed by atoms with Crippen LogP contribution in [0.2, 0.25) is 0 Å². The maximum Gasteiger partial charge on any atom is 0.123 e. The molecule has 0 aromatic heterocycles. The van der Waals surface area contributed by atoms with Crippen LogP contribution in [0.15, 0.2) is 48.5 Å². The van der Waals surface area contributed by atoms with Crippen molar-refractivity contribution in [3.63, 3.8) is 0 Å². The van der Waals surface area contributed by atoms with Crippen molar-refractivity contribution >= 4 is 0 Å². The lowest BCUT2D eigenvalue weighted by Crippen LogP contribution is -2.21. The van der Waals surface area contributed by atoms with Crippen molar-refractivity contribution in [3.8, 4) is 0 Å². The molecule has 0 saturated heterocycles. The van der Waals surface area contributed by atoms with E-state index in [0.717, 1.165) is 18.5 Å². The van der Waals surface area contributed by atoms with E-state index in [1.807, 2.05) is 12.1 Å². The molecule has 100 valence electrons. The zero-order valence-electron chi connectivity index (χ0n) is 11.5. The second-order valence-corrected chi connectivity index (χ2v) is 4.90. The van der Waals surface area contributed by atoms with E-state index < -0.39 is 0 Å². The van der Waals surface area contributed by atoms with Crippen LogP contribution in [0.25, 0.3) is 0 Å². The van der Waals surface area contributed by atoms with E-state index in [0.29, 0.717) is 0 Å². The molecule has 1 atom stereocenters. The van der Waals surface area contributed by atoms with Gasteiger partial charge in [0.05, 0.1) is 0 Å². The number of rotatable bonds is 5. The van der Waals surface area contributed by atoms with Crippen molar-refractivity contribution in [1.82, 2.24) is 5.32 Å². The zero-order valence-corrected chi connectivity index (χ0v) is 11.5. The summed E-state index contributed by atoms with van der Waals surface area (Å²) in [7, 11) is 0. The van der Waals surface area contributed by atoms with Gasteiger partial charge in [0, 0.05) is 6.04 Å². The molecule has 0 radical (unpaired) electrons. The van der Waals surface area contributed by atoms with Crippen molar-refractivity contribution in [2.75, 3.05) is 6.54 Å². The van der Waals surface area contributed by atoms with Crippen LogP contribution in [0.1, 0.15) is 29.7 Å². The number of benzene rings is 2. The predicted molar refractivity (Wildman–Crippen MR) is 77.7 cm³/mol. The van der Waals surface area contributed by atoms with Crippen LogP contribution in [0, 0.1) is 12.7 Å². The largest absolute Gasteiger partial charge is 0.310 e. The molecule has 0 heterocycles. The average Bonchev–Trinajstić information content (AvgIpc) is 2.41. The Morgan fingerprint density at radius 3 is 2.42 bits per heavy atom. The molecule has 2 aromatic rings. The van der Waals surface area contributed by atoms with Crippen LogP contribution in [-0.2, 0) is 6.42 Å². The van der Waals surface area contributed by atoms with Gasteiger partial charge in [-0.3, -0.25) is 0 Å². The van der Waals surface area contributed by atoms with Gasteiger partial charge in [0.25, 0.3) is 0 Å². The molecular weight excluding hydrogens is 237 g/mol. The van der Waals surface area contributed by atoms with Crippen LogP contribution < -0.4 is 5.32 Å². The first kappa shape index (κ1) is 13.8. The van der Waals surface area contributed by atoms with Gasteiger partial charge in [0.2, 0.25) is 0 Å². The van der Waals surface area contributed by atoms with Gasteiger partial charge in [0.15, 0.2) is 0 Å². The summed E-state index contributed by atoms with van der Waals surface area (Å²) in [6, 6.07) is 15.4. The zero-order chi connectivity index (χ0) is 13.7. The van der Waals surface area contributed by atoms with E-state index in [9.17, 15) is 4.39 Å². The predicted octanol–water partition coefficient (Wildman–Crippen LogP) is 4.03. The SMILES string of the molecule is Cc1ccccc1CCNC(C)c1ccc(F)cc1. The van der Waals surface area contributed by atoms with E-state index in [1.54, 1.807) is 0 Å². The third kappa shape index (κ3) is 3.90. The van der Waals surface area contributed by atoms with Crippen molar-refractivity contribution < 1.29 is 4.39 Å². The topological polar surface area (TPSA) is 12.0 Å². The van der Waals surface area contributed by atoms with Gasteiger partial charge in [-0.2, -0.15) is 0 Å². The minimum absolute atomic E-state index is 0.184. The lowest BCUT2D eigenvalue weighted by Gasteiger charge is -2.14. The molecule has 0 aliphatic heterocycles. The number of hydrogen-bond donors (Lipinski definition) is 1. The fraction of sp³-hybridized carbons (Fsp3) is 0.294. The van der Waals surface area contributed by atoms with Crippen molar-refractivity contribution in [1.29, 1.82) is 0 Å². The molecule has 1 N–H and O–H groups in total. The Kier molecular flexibility index (Phi) is 4.69. The fourth-order valence-corrected chi connectivity index (χ4v) is 2.18. The summed E-state index contributed by atoms with van der Waals surface area (Å²) in [6.45, 7) is 5.16. The Balaban J connectivity index is 1.86. The van der Waals surface area contributed by atoms with Gasteiger partial charge >= 0.3 is 0 Å². The Bertz CT molecular complexity index is 519. The van der Waals surface area contributed by atoms with Crippen molar-refractivity contribution in [2.45, 2.75) is 26.3 Å². The first-order valence-electron chi connectivity index (χ1n) is 6.70. The number of nitrogens with one attached hydrogen (secondary N) is 1. The highest BCUT2D eigenvalue weighted by Crippen LogP contribution is 2.13. The molecule has 0 aliphatic rings. The summed E-state index contributed by atoms with van der Waals surface area (Å²) in [4.78, 5) is 0. The highest BCUT2D eigenvalue weighted by molar-refractivity contribution is 5.26. The molecule has 2 rings (SSSR count). The molecular formula is C17H20FN. The standard InChI is InChI=1S/C17H20FN/c1-13-5-3-4-6-15(13)11-12-19-14(2)16-7-9-17(18)10-8-16/h3-10,14,19H,11-12H2,1-2H3. The highest BCUT2D eigenvalue weighted by Gasteiger charge is 2.05. The summed E-state index contributed by atoms with van der Waals surface area (Å²) >= 11 is 0. The second-order valence-electron chi connectivity index (χ2n) is 4.90. The molecule has 0 bridgehead atoms. The van der Waals surface area contributed by atoms with E-state index in [1.165, 1.54) is 23.3 Å². The Morgan fingerprint density at radius 2 is 1.74 bits per heavy atom. The van der Waals surface area contributed by atoms with Crippen molar-refractivity contribution in [2.24, 2.45) is 0 Å². The average molecular weight is 257 g/mol. The molecule has 0 amide bonds. The number of hydrogen-bond acceptors (Lipinski definition) is 1. The lowest BCUT2D eigenvalue weighted by atomic mass is 10.1. The maximum absolute atomic E-state index is 12.8. The summed E-state index contributed by atoms with van der Waals surface area (Å²) in [5, 5.41) is 3.47. The first-order valence-corrected chi connectivity index (χ1v) is 6.70. The van der Waals surface area contributed by atoms with Crippen LogP contribution in [-0.4, -0.2) is 6.54 Å². The van der Waals surface area contributed by atoms with E-state index in [-0.39, 0.29) is 11.9 Å². The van der Waals surface area contributed by atoms with Gasteiger partial charge in [-0.05, 0) is 55.6 Å². The van der Waals surface area contributed by atoms with E-state index in [4.69, 9.17) is 0 Å². The van der Waals surface area contributed by atoms with Crippen LogP contribution >= 0.6 is 0 Å². The Hall–Kier alpha value is -1.67. The quantitative estimate of drug-likeness (QED) is 0.852. The van der Waals surface area contributed by atoms with Gasteiger partial charge in [-0.1, -0.05) is 36.4 Å².